The SMILES string of the molecule is [CH2]C1CCN(CCCN)C1=O. The Bertz CT molecular complexity index is 147. The van der Waals surface area contributed by atoms with Crippen LogP contribution in [0.5, 0.6) is 0 Å². The molecule has 1 aliphatic rings. The Kier molecular flexibility index (Phi) is 2.88. The second-order valence-electron chi connectivity index (χ2n) is 2.95. The van der Waals surface area contributed by atoms with Gasteiger partial charge in [0.1, 0.15) is 0 Å². The zero-order valence-corrected chi connectivity index (χ0v) is 6.75. The Labute approximate surface area is 67.5 Å². The van der Waals surface area contributed by atoms with Gasteiger partial charge in [-0.15, -0.1) is 0 Å². The highest BCUT2D eigenvalue weighted by atomic mass is 16.2. The number of nitrogens with two attached hydrogens (primary N) is 1. The summed E-state index contributed by atoms with van der Waals surface area (Å²) in [7, 11) is 0. The quantitative estimate of drug-likeness (QED) is 0.624. The molecular formula is C8H15N2O. The second kappa shape index (κ2) is 3.72. The van der Waals surface area contributed by atoms with Gasteiger partial charge in [-0.2, -0.15) is 0 Å². The van der Waals surface area contributed by atoms with Gasteiger partial charge in [-0.1, -0.05) is 0 Å². The van der Waals surface area contributed by atoms with Crippen molar-refractivity contribution in [3.8, 4) is 0 Å². The normalized spacial score (nSPS) is 24.7. The van der Waals surface area contributed by atoms with E-state index in [1.54, 1.807) is 0 Å². The van der Waals surface area contributed by atoms with Crippen LogP contribution in [0.3, 0.4) is 0 Å². The largest absolute Gasteiger partial charge is 0.342 e. The first kappa shape index (κ1) is 8.53. The fraction of sp³-hybridized carbons (Fsp3) is 0.750. The highest BCUT2D eigenvalue weighted by Gasteiger charge is 2.26. The van der Waals surface area contributed by atoms with Crippen LogP contribution in [0.25, 0.3) is 0 Å². The molecule has 0 spiro atoms. The Hall–Kier alpha value is -0.570. The summed E-state index contributed by atoms with van der Waals surface area (Å²) < 4.78 is 0. The van der Waals surface area contributed by atoms with E-state index in [2.05, 4.69) is 6.92 Å². The summed E-state index contributed by atoms with van der Waals surface area (Å²) in [5.41, 5.74) is 5.33. The molecule has 1 rings (SSSR count). The van der Waals surface area contributed by atoms with E-state index in [0.717, 1.165) is 25.9 Å². The van der Waals surface area contributed by atoms with Crippen LogP contribution < -0.4 is 5.73 Å². The lowest BCUT2D eigenvalue weighted by Crippen LogP contribution is -2.28. The standard InChI is InChI=1S/C8H15N2O/c1-7-3-6-10(8(7)11)5-2-4-9/h7H,1-6,9H2. The first-order chi connectivity index (χ1) is 5.25. The minimum atomic E-state index is -0.00669. The highest BCUT2D eigenvalue weighted by Crippen LogP contribution is 2.16. The molecular weight excluding hydrogens is 140 g/mol. The Morgan fingerprint density at radius 3 is 2.91 bits per heavy atom. The molecule has 2 N–H and O–H groups in total. The van der Waals surface area contributed by atoms with Gasteiger partial charge in [0, 0.05) is 19.0 Å². The highest BCUT2D eigenvalue weighted by molar-refractivity contribution is 5.81. The van der Waals surface area contributed by atoms with Crippen molar-refractivity contribution in [1.29, 1.82) is 0 Å². The molecule has 0 bridgehead atoms. The third kappa shape index (κ3) is 1.93. The van der Waals surface area contributed by atoms with Crippen LogP contribution in [0.2, 0.25) is 0 Å². The lowest BCUT2D eigenvalue weighted by molar-refractivity contribution is -0.129. The summed E-state index contributed by atoms with van der Waals surface area (Å²) in [6, 6.07) is 0. The first-order valence-electron chi connectivity index (χ1n) is 4.07. The van der Waals surface area contributed by atoms with E-state index in [-0.39, 0.29) is 11.8 Å². The van der Waals surface area contributed by atoms with Crippen molar-refractivity contribution in [3.63, 3.8) is 0 Å². The van der Waals surface area contributed by atoms with Crippen LogP contribution >= 0.6 is 0 Å². The fourth-order valence-corrected chi connectivity index (χ4v) is 1.31. The number of carbonyl (C=O) groups excluding carboxylic acids is 1. The van der Waals surface area contributed by atoms with E-state index in [0.29, 0.717) is 6.54 Å². The Morgan fingerprint density at radius 2 is 2.45 bits per heavy atom. The van der Waals surface area contributed by atoms with E-state index < -0.39 is 0 Å². The molecule has 1 fully saturated rings. The van der Waals surface area contributed by atoms with Gasteiger partial charge in [-0.25, -0.2) is 0 Å². The monoisotopic (exact) mass is 155 g/mol. The molecule has 11 heavy (non-hydrogen) atoms. The summed E-state index contributed by atoms with van der Waals surface area (Å²) in [5.74, 6) is 0.186. The molecule has 1 heterocycles. The van der Waals surface area contributed by atoms with Crippen molar-refractivity contribution in [3.05, 3.63) is 6.92 Å². The van der Waals surface area contributed by atoms with E-state index in [9.17, 15) is 4.79 Å². The maximum atomic E-state index is 11.2. The average Bonchev–Trinajstić information content (AvgIpc) is 2.31. The molecule has 3 heteroatoms. The van der Waals surface area contributed by atoms with Crippen LogP contribution in [-0.4, -0.2) is 30.4 Å². The van der Waals surface area contributed by atoms with Crippen molar-refractivity contribution in [2.45, 2.75) is 12.8 Å². The first-order valence-corrected chi connectivity index (χ1v) is 4.07. The number of likely N-dealkylation sites (tertiary alicyclic amines) is 1. The molecule has 0 aromatic heterocycles. The number of amides is 1. The molecule has 1 unspecified atom stereocenters. The minimum absolute atomic E-state index is 0.00669. The molecule has 0 saturated carbocycles. The molecule has 0 aliphatic carbocycles. The van der Waals surface area contributed by atoms with Gasteiger partial charge in [0.25, 0.3) is 0 Å². The van der Waals surface area contributed by atoms with Crippen molar-refractivity contribution < 1.29 is 4.79 Å². The predicted octanol–water partition coefficient (Wildman–Crippen LogP) is 0.0178. The van der Waals surface area contributed by atoms with Crippen LogP contribution in [0.4, 0.5) is 0 Å². The van der Waals surface area contributed by atoms with E-state index in [1.165, 1.54) is 0 Å². The smallest absolute Gasteiger partial charge is 0.225 e. The second-order valence-corrected chi connectivity index (χ2v) is 2.95. The van der Waals surface area contributed by atoms with Gasteiger partial charge in [0.15, 0.2) is 0 Å². The van der Waals surface area contributed by atoms with Crippen LogP contribution in [0.15, 0.2) is 0 Å². The lowest BCUT2D eigenvalue weighted by atomic mass is 10.1. The molecule has 1 atom stereocenters. The van der Waals surface area contributed by atoms with Crippen LogP contribution in [-0.2, 0) is 4.79 Å². The summed E-state index contributed by atoms with van der Waals surface area (Å²) in [5, 5.41) is 0. The van der Waals surface area contributed by atoms with Gasteiger partial charge in [-0.05, 0) is 26.3 Å². The molecule has 1 radical (unpaired) electrons. The van der Waals surface area contributed by atoms with Gasteiger partial charge in [0.05, 0.1) is 0 Å². The van der Waals surface area contributed by atoms with Gasteiger partial charge in [0.2, 0.25) is 5.91 Å². The van der Waals surface area contributed by atoms with Crippen molar-refractivity contribution in [2.24, 2.45) is 11.7 Å². The van der Waals surface area contributed by atoms with Crippen molar-refractivity contribution >= 4 is 5.91 Å². The maximum Gasteiger partial charge on any atom is 0.225 e. The third-order valence-corrected chi connectivity index (χ3v) is 2.04. The van der Waals surface area contributed by atoms with Crippen molar-refractivity contribution in [1.82, 2.24) is 4.90 Å². The van der Waals surface area contributed by atoms with Gasteiger partial charge >= 0.3 is 0 Å². The maximum absolute atomic E-state index is 11.2. The number of hydrogen-bond donors (Lipinski definition) is 1. The molecule has 1 saturated heterocycles. The minimum Gasteiger partial charge on any atom is -0.342 e. The lowest BCUT2D eigenvalue weighted by Gasteiger charge is -2.14. The van der Waals surface area contributed by atoms with Gasteiger partial charge in [-0.3, -0.25) is 4.79 Å². The number of hydrogen-bond acceptors (Lipinski definition) is 2. The zero-order chi connectivity index (χ0) is 8.27. The number of carbonyl (C=O) groups is 1. The average molecular weight is 155 g/mol. The summed E-state index contributed by atoms with van der Waals surface area (Å²) in [6.07, 6.45) is 1.81. The molecule has 0 aromatic carbocycles. The number of nitrogens with zero attached hydrogens (tertiary/aromatic N) is 1. The van der Waals surface area contributed by atoms with Crippen LogP contribution in [0.1, 0.15) is 12.8 Å². The zero-order valence-electron chi connectivity index (χ0n) is 6.75. The van der Waals surface area contributed by atoms with E-state index >= 15 is 0 Å². The molecule has 3 nitrogen and oxygen atoms in total. The molecule has 1 amide bonds. The van der Waals surface area contributed by atoms with E-state index in [4.69, 9.17) is 5.73 Å². The Morgan fingerprint density at radius 1 is 1.73 bits per heavy atom. The van der Waals surface area contributed by atoms with E-state index in [1.807, 2.05) is 4.90 Å². The number of rotatable bonds is 3. The fourth-order valence-electron chi connectivity index (χ4n) is 1.31. The summed E-state index contributed by atoms with van der Waals surface area (Å²) in [4.78, 5) is 13.1. The molecule has 0 aromatic rings. The summed E-state index contributed by atoms with van der Waals surface area (Å²) in [6.45, 7) is 6.09. The van der Waals surface area contributed by atoms with Gasteiger partial charge < -0.3 is 10.6 Å². The predicted molar refractivity (Wildman–Crippen MR) is 43.7 cm³/mol. The molecule has 1 aliphatic heterocycles. The molecule has 63 valence electrons. The third-order valence-electron chi connectivity index (χ3n) is 2.04. The summed E-state index contributed by atoms with van der Waals surface area (Å²) >= 11 is 0. The Balaban J connectivity index is 2.30. The van der Waals surface area contributed by atoms with Crippen molar-refractivity contribution in [2.75, 3.05) is 19.6 Å². The van der Waals surface area contributed by atoms with Crippen LogP contribution in [0, 0.1) is 12.8 Å². The topological polar surface area (TPSA) is 46.3 Å².